The summed E-state index contributed by atoms with van der Waals surface area (Å²) in [4.78, 5) is 27.1. The van der Waals surface area contributed by atoms with Crippen LogP contribution in [0.5, 0.6) is 5.88 Å². The Bertz CT molecular complexity index is 1190. The van der Waals surface area contributed by atoms with Crippen molar-refractivity contribution in [3.63, 3.8) is 0 Å². The second kappa shape index (κ2) is 8.78. The molecule has 1 unspecified atom stereocenters. The summed E-state index contributed by atoms with van der Waals surface area (Å²) in [7, 11) is 1.59. The number of hydrogen-bond acceptors (Lipinski definition) is 7. The van der Waals surface area contributed by atoms with Crippen molar-refractivity contribution < 1.29 is 23.0 Å². The number of piperazine rings is 1. The monoisotopic (exact) mass is 455 g/mol. The van der Waals surface area contributed by atoms with Gasteiger partial charge in [-0.25, -0.2) is 18.6 Å². The van der Waals surface area contributed by atoms with Crippen molar-refractivity contribution in [3.8, 4) is 5.88 Å². The van der Waals surface area contributed by atoms with E-state index in [9.17, 15) is 13.6 Å². The maximum absolute atomic E-state index is 13.6. The Kier molecular flexibility index (Phi) is 5.67. The molecule has 1 atom stereocenters. The van der Waals surface area contributed by atoms with Gasteiger partial charge in [0.15, 0.2) is 11.6 Å². The van der Waals surface area contributed by atoms with E-state index in [0.717, 1.165) is 55.0 Å². The second-order valence-corrected chi connectivity index (χ2v) is 8.05. The molecule has 2 aliphatic rings. The number of aromatic nitrogens is 2. The molecule has 2 aliphatic heterocycles. The van der Waals surface area contributed by atoms with Gasteiger partial charge in [-0.2, -0.15) is 0 Å². The molecule has 0 radical (unpaired) electrons. The molecular weight excluding hydrogens is 432 g/mol. The van der Waals surface area contributed by atoms with Crippen LogP contribution in [0.15, 0.2) is 42.6 Å². The van der Waals surface area contributed by atoms with E-state index in [0.29, 0.717) is 24.7 Å². The zero-order valence-corrected chi connectivity index (χ0v) is 18.1. The highest BCUT2D eigenvalue weighted by Crippen LogP contribution is 2.27. The molecule has 0 bridgehead atoms. The lowest BCUT2D eigenvalue weighted by atomic mass is 10.2. The highest BCUT2D eigenvalue weighted by Gasteiger charge is 2.34. The van der Waals surface area contributed by atoms with Crippen molar-refractivity contribution in [3.05, 3.63) is 54.2 Å². The number of halogens is 2. The average molecular weight is 455 g/mol. The normalized spacial score (nSPS) is 19.2. The summed E-state index contributed by atoms with van der Waals surface area (Å²) in [6, 6.07) is 9.06. The lowest BCUT2D eigenvalue weighted by Crippen LogP contribution is -2.49. The number of fused-ring (bicyclic) bond motifs is 1. The molecule has 0 spiro atoms. The smallest absolute Gasteiger partial charge is 0.414 e. The minimum atomic E-state index is -0.990. The van der Waals surface area contributed by atoms with Crippen LogP contribution in [0.25, 0.3) is 11.0 Å². The van der Waals surface area contributed by atoms with Gasteiger partial charge in [-0.05, 0) is 24.3 Å². The molecule has 2 fully saturated rings. The number of benzene rings is 1. The first-order valence-corrected chi connectivity index (χ1v) is 10.7. The van der Waals surface area contributed by atoms with Gasteiger partial charge in [-0.1, -0.05) is 0 Å². The molecule has 0 aliphatic carbocycles. The predicted octanol–water partition coefficient (Wildman–Crippen LogP) is 3.06. The average Bonchev–Trinajstić information content (AvgIpc) is 3.20. The predicted molar refractivity (Wildman–Crippen MR) is 119 cm³/mol. The maximum atomic E-state index is 13.6. The topological polar surface area (TPSA) is 71.0 Å². The molecule has 1 amide bonds. The molecule has 10 heteroatoms. The molecule has 33 heavy (non-hydrogen) atoms. The molecule has 0 saturated carbocycles. The Morgan fingerprint density at radius 1 is 1.09 bits per heavy atom. The van der Waals surface area contributed by atoms with Crippen LogP contribution in [-0.4, -0.2) is 73.4 Å². The second-order valence-electron chi connectivity index (χ2n) is 8.05. The van der Waals surface area contributed by atoms with Crippen LogP contribution in [-0.2, 0) is 4.74 Å². The minimum Gasteiger partial charge on any atom is -0.481 e. The summed E-state index contributed by atoms with van der Waals surface area (Å²) in [5.41, 5.74) is 2.91. The van der Waals surface area contributed by atoms with E-state index in [1.165, 1.54) is 11.0 Å². The highest BCUT2D eigenvalue weighted by atomic mass is 19.2. The number of cyclic esters (lactones) is 1. The summed E-state index contributed by atoms with van der Waals surface area (Å²) in [6.07, 6.45) is 0.890. The zero-order valence-electron chi connectivity index (χ0n) is 18.1. The van der Waals surface area contributed by atoms with Crippen molar-refractivity contribution in [1.29, 1.82) is 0 Å². The molecule has 172 valence electrons. The summed E-state index contributed by atoms with van der Waals surface area (Å²) in [6.45, 7) is 4.00. The van der Waals surface area contributed by atoms with Gasteiger partial charge in [-0.15, -0.1) is 0 Å². The van der Waals surface area contributed by atoms with Crippen LogP contribution >= 0.6 is 0 Å². The van der Waals surface area contributed by atoms with E-state index in [2.05, 4.69) is 19.8 Å². The standard InChI is InChI=1S/C23H23F2N5O3/c1-32-21-5-4-19-22(27-21)20(6-7-26-19)29-10-8-28(9-11-29)13-16-14-30(23(31)33-16)15-2-3-17(24)18(25)12-15/h2-7,12,16H,8-11,13-14H2,1H3. The number of ether oxygens (including phenoxy) is 2. The zero-order chi connectivity index (χ0) is 22.9. The number of amides is 1. The lowest BCUT2D eigenvalue weighted by molar-refractivity contribution is 0.106. The Balaban J connectivity index is 1.21. The largest absolute Gasteiger partial charge is 0.481 e. The number of methoxy groups -OCH3 is 1. The summed E-state index contributed by atoms with van der Waals surface area (Å²) in [5.74, 6) is -1.39. The van der Waals surface area contributed by atoms with Crippen molar-refractivity contribution in [2.75, 3.05) is 56.2 Å². The molecule has 5 rings (SSSR count). The molecule has 3 aromatic rings. The Morgan fingerprint density at radius 3 is 2.67 bits per heavy atom. The van der Waals surface area contributed by atoms with Crippen molar-refractivity contribution >= 4 is 28.5 Å². The third kappa shape index (κ3) is 4.25. The van der Waals surface area contributed by atoms with Gasteiger partial charge < -0.3 is 14.4 Å². The SMILES string of the molecule is COc1ccc2nccc(N3CCN(CC4CN(c5ccc(F)c(F)c5)C(=O)O4)CC3)c2n1. The fourth-order valence-corrected chi connectivity index (χ4v) is 4.30. The van der Waals surface area contributed by atoms with Crippen LogP contribution in [0.3, 0.4) is 0 Å². The van der Waals surface area contributed by atoms with Crippen LogP contribution in [0, 0.1) is 11.6 Å². The van der Waals surface area contributed by atoms with E-state index in [1.807, 2.05) is 12.1 Å². The van der Waals surface area contributed by atoms with Crippen molar-refractivity contribution in [2.24, 2.45) is 0 Å². The van der Waals surface area contributed by atoms with E-state index in [-0.39, 0.29) is 6.10 Å². The number of nitrogens with zero attached hydrogens (tertiary/aromatic N) is 5. The van der Waals surface area contributed by atoms with E-state index >= 15 is 0 Å². The molecule has 0 N–H and O–H groups in total. The van der Waals surface area contributed by atoms with Gasteiger partial charge in [0.05, 0.1) is 30.5 Å². The van der Waals surface area contributed by atoms with Gasteiger partial charge in [0.25, 0.3) is 0 Å². The summed E-state index contributed by atoms with van der Waals surface area (Å²) >= 11 is 0. The molecular formula is C23H23F2N5O3. The third-order valence-electron chi connectivity index (χ3n) is 6.01. The first-order chi connectivity index (χ1) is 16.0. The molecule has 4 heterocycles. The van der Waals surface area contributed by atoms with Crippen LogP contribution in [0.1, 0.15) is 0 Å². The number of rotatable bonds is 5. The maximum Gasteiger partial charge on any atom is 0.414 e. The van der Waals surface area contributed by atoms with Crippen LogP contribution in [0.2, 0.25) is 0 Å². The molecule has 8 nitrogen and oxygen atoms in total. The van der Waals surface area contributed by atoms with Crippen molar-refractivity contribution in [2.45, 2.75) is 6.10 Å². The van der Waals surface area contributed by atoms with Gasteiger partial charge in [-0.3, -0.25) is 14.8 Å². The van der Waals surface area contributed by atoms with E-state index in [1.54, 1.807) is 19.4 Å². The number of pyridine rings is 2. The number of carbonyl (C=O) groups excluding carboxylic acids is 1. The fraction of sp³-hybridized carbons (Fsp3) is 0.348. The quantitative estimate of drug-likeness (QED) is 0.586. The number of anilines is 2. The third-order valence-corrected chi connectivity index (χ3v) is 6.01. The van der Waals surface area contributed by atoms with Gasteiger partial charge >= 0.3 is 6.09 Å². The van der Waals surface area contributed by atoms with E-state index < -0.39 is 17.7 Å². The first-order valence-electron chi connectivity index (χ1n) is 10.7. The number of hydrogen-bond donors (Lipinski definition) is 0. The Hall–Kier alpha value is -3.53. The summed E-state index contributed by atoms with van der Waals surface area (Å²) < 4.78 is 37.5. The fourth-order valence-electron chi connectivity index (χ4n) is 4.30. The van der Waals surface area contributed by atoms with Crippen LogP contribution in [0.4, 0.5) is 25.0 Å². The Morgan fingerprint density at radius 2 is 1.91 bits per heavy atom. The summed E-state index contributed by atoms with van der Waals surface area (Å²) in [5, 5.41) is 0. The van der Waals surface area contributed by atoms with Gasteiger partial charge in [0.1, 0.15) is 11.6 Å². The first kappa shape index (κ1) is 21.3. The molecule has 2 aromatic heterocycles. The highest BCUT2D eigenvalue weighted by molar-refractivity contribution is 5.90. The lowest BCUT2D eigenvalue weighted by Gasteiger charge is -2.36. The number of carbonyl (C=O) groups is 1. The Labute approximate surface area is 189 Å². The minimum absolute atomic E-state index is 0.290. The van der Waals surface area contributed by atoms with Gasteiger partial charge in [0.2, 0.25) is 5.88 Å². The van der Waals surface area contributed by atoms with E-state index in [4.69, 9.17) is 9.47 Å². The van der Waals surface area contributed by atoms with Gasteiger partial charge in [0, 0.05) is 51.1 Å². The van der Waals surface area contributed by atoms with Crippen LogP contribution < -0.4 is 14.5 Å². The molecule has 1 aromatic carbocycles. The van der Waals surface area contributed by atoms with Crippen molar-refractivity contribution in [1.82, 2.24) is 14.9 Å². The molecule has 2 saturated heterocycles.